The van der Waals surface area contributed by atoms with Crippen molar-refractivity contribution in [1.29, 1.82) is 0 Å². The number of hydrogen-bond donors (Lipinski definition) is 2. The number of nitrogens with one attached hydrogen (secondary N) is 1. The lowest BCUT2D eigenvalue weighted by atomic mass is 10.1. The van der Waals surface area contributed by atoms with Crippen LogP contribution in [0.5, 0.6) is 11.5 Å². The van der Waals surface area contributed by atoms with E-state index in [2.05, 4.69) is 20.7 Å². The van der Waals surface area contributed by atoms with Crippen LogP contribution in [-0.2, 0) is 16.1 Å². The lowest BCUT2D eigenvalue weighted by Crippen LogP contribution is -2.18. The number of carbonyl (C=O) groups is 1. The van der Waals surface area contributed by atoms with Gasteiger partial charge in [0.1, 0.15) is 5.82 Å². The molecule has 0 bridgehead atoms. The molecule has 11 heteroatoms. The first-order valence-electron chi connectivity index (χ1n) is 7.17. The molecule has 0 spiro atoms. The van der Waals surface area contributed by atoms with E-state index in [1.807, 2.05) is 0 Å². The molecule has 0 amide bonds. The standard InChI is InChI=1S/C15H14BrClFNO6S/c1-7(20)24-15-12(21)13(8-2-3-11(18)10(17)6-8)25-14(15)9(16)4-5-19-26(22)23/h2-3,6,9,19,21H,4-5H2,1H3,(H,22,23)/p-1. The molecule has 2 N–H and O–H groups in total. The van der Waals surface area contributed by atoms with Gasteiger partial charge in [-0.1, -0.05) is 27.5 Å². The molecule has 2 rings (SSSR count). The van der Waals surface area contributed by atoms with Crippen LogP contribution in [0.25, 0.3) is 11.3 Å². The van der Waals surface area contributed by atoms with Gasteiger partial charge in [-0.3, -0.25) is 9.00 Å². The number of halogens is 3. The zero-order chi connectivity index (χ0) is 19.4. The van der Waals surface area contributed by atoms with E-state index in [1.54, 1.807) is 0 Å². The summed E-state index contributed by atoms with van der Waals surface area (Å²) in [5.41, 5.74) is 0.270. The van der Waals surface area contributed by atoms with Gasteiger partial charge in [0.05, 0.1) is 9.85 Å². The largest absolute Gasteiger partial charge is 0.760 e. The smallest absolute Gasteiger partial charge is 0.308 e. The van der Waals surface area contributed by atoms with Crippen molar-refractivity contribution in [2.45, 2.75) is 18.2 Å². The molecule has 0 aliphatic heterocycles. The van der Waals surface area contributed by atoms with Crippen LogP contribution in [0.3, 0.4) is 0 Å². The summed E-state index contributed by atoms with van der Waals surface area (Å²) in [7, 11) is 0. The summed E-state index contributed by atoms with van der Waals surface area (Å²) in [6.07, 6.45) is 0.235. The molecule has 0 saturated carbocycles. The van der Waals surface area contributed by atoms with Crippen molar-refractivity contribution in [3.8, 4) is 22.8 Å². The predicted molar refractivity (Wildman–Crippen MR) is 95.3 cm³/mol. The highest BCUT2D eigenvalue weighted by atomic mass is 79.9. The second kappa shape index (κ2) is 8.96. The average Bonchev–Trinajstić information content (AvgIpc) is 2.86. The Morgan fingerprint density at radius 2 is 2.27 bits per heavy atom. The predicted octanol–water partition coefficient (Wildman–Crippen LogP) is 3.58. The summed E-state index contributed by atoms with van der Waals surface area (Å²) >= 11 is 6.62. The van der Waals surface area contributed by atoms with E-state index < -0.39 is 33.6 Å². The number of carbonyl (C=O) groups excluding carboxylic acids is 1. The fourth-order valence-electron chi connectivity index (χ4n) is 2.11. The normalized spacial score (nSPS) is 13.4. The van der Waals surface area contributed by atoms with E-state index in [0.29, 0.717) is 0 Å². The van der Waals surface area contributed by atoms with Gasteiger partial charge >= 0.3 is 5.97 Å². The number of rotatable bonds is 7. The highest BCUT2D eigenvalue weighted by Gasteiger charge is 2.28. The first-order chi connectivity index (χ1) is 12.2. The van der Waals surface area contributed by atoms with E-state index in [-0.39, 0.29) is 40.8 Å². The summed E-state index contributed by atoms with van der Waals surface area (Å²) < 4.78 is 47.2. The quantitative estimate of drug-likeness (QED) is 0.364. The van der Waals surface area contributed by atoms with Gasteiger partial charge < -0.3 is 18.8 Å². The van der Waals surface area contributed by atoms with Crippen molar-refractivity contribution >= 4 is 44.8 Å². The molecule has 0 aliphatic carbocycles. The second-order valence-corrected chi connectivity index (χ2v) is 7.35. The molecule has 1 aromatic heterocycles. The Labute approximate surface area is 164 Å². The minimum absolute atomic E-state index is 0.0667. The van der Waals surface area contributed by atoms with Crippen LogP contribution in [0.2, 0.25) is 5.02 Å². The van der Waals surface area contributed by atoms with E-state index >= 15 is 0 Å². The maximum atomic E-state index is 13.3. The van der Waals surface area contributed by atoms with Crippen molar-refractivity contribution < 1.29 is 32.2 Å². The number of furan rings is 1. The summed E-state index contributed by atoms with van der Waals surface area (Å²) in [5.74, 6) is -1.99. The number of benzene rings is 1. The molecule has 1 aromatic carbocycles. The Kier molecular flexibility index (Phi) is 7.18. The van der Waals surface area contributed by atoms with Gasteiger partial charge in [-0.15, -0.1) is 0 Å². The summed E-state index contributed by atoms with van der Waals surface area (Å²) in [5, 5.41) is 10.2. The Hall–Kier alpha value is -1.46. The van der Waals surface area contributed by atoms with Crippen LogP contribution in [0, 0.1) is 5.82 Å². The van der Waals surface area contributed by atoms with Gasteiger partial charge in [0.25, 0.3) is 0 Å². The molecule has 0 radical (unpaired) electrons. The van der Waals surface area contributed by atoms with Crippen molar-refractivity contribution in [3.05, 3.63) is 34.8 Å². The minimum Gasteiger partial charge on any atom is -0.760 e. The Bertz CT molecular complexity index is 846. The van der Waals surface area contributed by atoms with Gasteiger partial charge in [0, 0.05) is 30.3 Å². The Morgan fingerprint density at radius 3 is 2.85 bits per heavy atom. The van der Waals surface area contributed by atoms with Crippen molar-refractivity contribution in [2.24, 2.45) is 0 Å². The van der Waals surface area contributed by atoms with Crippen LogP contribution in [0.15, 0.2) is 22.6 Å². The number of esters is 1. The highest BCUT2D eigenvalue weighted by molar-refractivity contribution is 9.09. The fraction of sp³-hybridized carbons (Fsp3) is 0.267. The van der Waals surface area contributed by atoms with E-state index in [9.17, 15) is 23.1 Å². The van der Waals surface area contributed by atoms with Crippen LogP contribution in [-0.4, -0.2) is 26.4 Å². The zero-order valence-corrected chi connectivity index (χ0v) is 16.4. The fourth-order valence-corrected chi connectivity index (χ4v) is 3.10. The monoisotopic (exact) mass is 468 g/mol. The van der Waals surface area contributed by atoms with Gasteiger partial charge in [0.15, 0.2) is 11.5 Å². The first-order valence-corrected chi connectivity index (χ1v) is 9.53. The van der Waals surface area contributed by atoms with E-state index in [4.69, 9.17) is 20.8 Å². The molecular formula is C15H13BrClFNO6S-. The van der Waals surface area contributed by atoms with Crippen molar-refractivity contribution in [1.82, 2.24) is 4.72 Å². The van der Waals surface area contributed by atoms with Gasteiger partial charge in [-0.2, -0.15) is 0 Å². The van der Waals surface area contributed by atoms with Crippen LogP contribution in [0.1, 0.15) is 23.9 Å². The molecule has 26 heavy (non-hydrogen) atoms. The molecular weight excluding hydrogens is 457 g/mol. The number of aromatic hydroxyl groups is 1. The van der Waals surface area contributed by atoms with Gasteiger partial charge in [-0.05, 0) is 24.6 Å². The second-order valence-electron chi connectivity index (χ2n) is 5.08. The summed E-state index contributed by atoms with van der Waals surface area (Å²) in [6, 6.07) is 3.69. The molecule has 2 unspecified atom stereocenters. The molecule has 0 fully saturated rings. The van der Waals surface area contributed by atoms with E-state index in [0.717, 1.165) is 13.0 Å². The molecule has 0 aliphatic rings. The number of hydrogen-bond acceptors (Lipinski definition) is 6. The lowest BCUT2D eigenvalue weighted by Gasteiger charge is -2.11. The van der Waals surface area contributed by atoms with Crippen molar-refractivity contribution in [2.75, 3.05) is 6.54 Å². The lowest BCUT2D eigenvalue weighted by molar-refractivity contribution is -0.132. The summed E-state index contributed by atoms with van der Waals surface area (Å²) in [6.45, 7) is 1.22. The molecule has 7 nitrogen and oxygen atoms in total. The minimum atomic E-state index is -2.42. The molecule has 2 aromatic rings. The van der Waals surface area contributed by atoms with E-state index in [1.165, 1.54) is 12.1 Å². The molecule has 1 heterocycles. The Morgan fingerprint density at radius 1 is 1.58 bits per heavy atom. The summed E-state index contributed by atoms with van der Waals surface area (Å²) in [4.78, 5) is 10.8. The average molecular weight is 470 g/mol. The maximum Gasteiger partial charge on any atom is 0.308 e. The van der Waals surface area contributed by atoms with Gasteiger partial charge in [0.2, 0.25) is 11.5 Å². The third-order valence-corrected chi connectivity index (χ3v) is 4.80. The zero-order valence-electron chi connectivity index (χ0n) is 13.3. The van der Waals surface area contributed by atoms with Crippen LogP contribution >= 0.6 is 27.5 Å². The first kappa shape index (κ1) is 20.8. The third kappa shape index (κ3) is 5.04. The topological polar surface area (TPSA) is 112 Å². The van der Waals surface area contributed by atoms with Crippen molar-refractivity contribution in [3.63, 3.8) is 0 Å². The SMILES string of the molecule is CC(=O)Oc1c(C(Br)CCNS(=O)[O-])oc(-c2ccc(F)c(Cl)c2)c1O. The van der Waals surface area contributed by atoms with Crippen LogP contribution < -0.4 is 9.46 Å². The molecule has 0 saturated heterocycles. The molecule has 142 valence electrons. The number of ether oxygens (including phenoxy) is 1. The molecule has 2 atom stereocenters. The number of alkyl halides is 1. The van der Waals surface area contributed by atoms with Gasteiger partial charge in [-0.25, -0.2) is 9.11 Å². The third-order valence-electron chi connectivity index (χ3n) is 3.20. The highest BCUT2D eigenvalue weighted by Crippen LogP contribution is 2.48. The van der Waals surface area contributed by atoms with Crippen LogP contribution in [0.4, 0.5) is 4.39 Å². The Balaban J connectivity index is 2.41. The maximum absolute atomic E-state index is 13.3.